The summed E-state index contributed by atoms with van der Waals surface area (Å²) in [5, 5.41) is 3.21. The summed E-state index contributed by atoms with van der Waals surface area (Å²) in [7, 11) is 0. The molecule has 0 bridgehead atoms. The van der Waals surface area contributed by atoms with Gasteiger partial charge in [0.15, 0.2) is 0 Å². The fourth-order valence-corrected chi connectivity index (χ4v) is 1.34. The van der Waals surface area contributed by atoms with Crippen molar-refractivity contribution in [3.8, 4) is 0 Å². The average Bonchev–Trinajstić information content (AvgIpc) is 2.28. The fraction of sp³-hybridized carbons (Fsp3) is 0.100. The second kappa shape index (κ2) is 4.65. The maximum absolute atomic E-state index is 4.95. The second-order valence-electron chi connectivity index (χ2n) is 3.01. The molecule has 0 saturated carbocycles. The topological polar surface area (TPSA) is 53.6 Å². The van der Waals surface area contributed by atoms with Gasteiger partial charge in [-0.3, -0.25) is 4.98 Å². The Morgan fingerprint density at radius 3 is 2.87 bits per heavy atom. The van der Waals surface area contributed by atoms with Crippen LogP contribution in [0, 0.1) is 4.64 Å². The summed E-state index contributed by atoms with van der Waals surface area (Å²) in [5.41, 5.74) is 1.17. The molecule has 2 aromatic heterocycles. The molecule has 0 saturated heterocycles. The summed E-state index contributed by atoms with van der Waals surface area (Å²) >= 11 is 4.95. The van der Waals surface area contributed by atoms with Gasteiger partial charge in [0.05, 0.1) is 6.33 Å². The number of pyridine rings is 1. The van der Waals surface area contributed by atoms with Gasteiger partial charge in [0.25, 0.3) is 0 Å². The molecule has 0 radical (unpaired) electrons. The van der Waals surface area contributed by atoms with Crippen LogP contribution in [0.5, 0.6) is 0 Å². The summed E-state index contributed by atoms with van der Waals surface area (Å²) in [6.07, 6.45) is 5.12. The van der Waals surface area contributed by atoms with Gasteiger partial charge >= 0.3 is 0 Å². The van der Waals surface area contributed by atoms with Crippen LogP contribution in [0.2, 0.25) is 0 Å². The van der Waals surface area contributed by atoms with Crippen LogP contribution in [-0.2, 0) is 6.54 Å². The molecule has 0 aliphatic heterocycles. The molecule has 0 unspecified atom stereocenters. The molecule has 0 atom stereocenters. The molecule has 0 amide bonds. The normalized spacial score (nSPS) is 9.87. The first-order valence-electron chi connectivity index (χ1n) is 4.52. The lowest BCUT2D eigenvalue weighted by atomic mass is 10.3. The number of hydrogen-bond donors (Lipinski definition) is 2. The molecule has 0 fully saturated rings. The Labute approximate surface area is 92.4 Å². The first-order valence-corrected chi connectivity index (χ1v) is 4.93. The Kier molecular flexibility index (Phi) is 3.04. The Bertz CT molecular complexity index is 480. The fourth-order valence-electron chi connectivity index (χ4n) is 1.17. The van der Waals surface area contributed by atoms with Crippen molar-refractivity contribution in [3.63, 3.8) is 0 Å². The molecule has 2 N–H and O–H groups in total. The van der Waals surface area contributed by atoms with Gasteiger partial charge in [0.1, 0.15) is 10.5 Å². The third kappa shape index (κ3) is 2.85. The van der Waals surface area contributed by atoms with Crippen molar-refractivity contribution in [3.05, 3.63) is 47.1 Å². The number of hydrogen-bond acceptors (Lipinski definition) is 4. The van der Waals surface area contributed by atoms with Gasteiger partial charge in [0, 0.05) is 25.0 Å². The van der Waals surface area contributed by atoms with E-state index in [2.05, 4.69) is 20.3 Å². The van der Waals surface area contributed by atoms with Gasteiger partial charge in [-0.25, -0.2) is 4.98 Å². The molecule has 2 heterocycles. The van der Waals surface area contributed by atoms with E-state index in [9.17, 15) is 0 Å². The molecule has 4 nitrogen and oxygen atoms in total. The Morgan fingerprint density at radius 2 is 2.13 bits per heavy atom. The van der Waals surface area contributed by atoms with Gasteiger partial charge in [-0.15, -0.1) is 0 Å². The van der Waals surface area contributed by atoms with Crippen LogP contribution in [0.4, 0.5) is 5.82 Å². The number of aromatic amines is 1. The number of nitrogens with zero attached hydrogens (tertiary/aromatic N) is 2. The molecule has 0 spiro atoms. The van der Waals surface area contributed by atoms with Crippen LogP contribution in [0.25, 0.3) is 0 Å². The summed E-state index contributed by atoms with van der Waals surface area (Å²) in [4.78, 5) is 10.8. The lowest BCUT2D eigenvalue weighted by Gasteiger charge is -2.05. The Morgan fingerprint density at radius 1 is 1.33 bits per heavy atom. The first kappa shape index (κ1) is 9.79. The van der Waals surface area contributed by atoms with Crippen LogP contribution in [0.1, 0.15) is 5.56 Å². The predicted octanol–water partition coefficient (Wildman–Crippen LogP) is 2.15. The maximum Gasteiger partial charge on any atom is 0.131 e. The molecule has 15 heavy (non-hydrogen) atoms. The minimum absolute atomic E-state index is 0.575. The third-order valence-electron chi connectivity index (χ3n) is 1.91. The summed E-state index contributed by atoms with van der Waals surface area (Å²) < 4.78 is 0.575. The summed E-state index contributed by atoms with van der Waals surface area (Å²) in [6, 6.07) is 5.71. The number of nitrogens with one attached hydrogen (secondary N) is 2. The van der Waals surface area contributed by atoms with Crippen molar-refractivity contribution in [2.45, 2.75) is 6.54 Å². The minimum atomic E-state index is 0.575. The second-order valence-corrected chi connectivity index (χ2v) is 3.43. The molecular weight excluding hydrogens is 208 g/mol. The van der Waals surface area contributed by atoms with E-state index in [4.69, 9.17) is 12.2 Å². The van der Waals surface area contributed by atoms with Crippen LogP contribution in [0.15, 0.2) is 36.9 Å². The molecule has 2 rings (SSSR count). The van der Waals surface area contributed by atoms with Crippen LogP contribution in [-0.4, -0.2) is 15.0 Å². The van der Waals surface area contributed by atoms with Gasteiger partial charge in [-0.2, -0.15) is 0 Å². The maximum atomic E-state index is 4.95. The van der Waals surface area contributed by atoms with Gasteiger partial charge < -0.3 is 10.3 Å². The number of rotatable bonds is 3. The highest BCUT2D eigenvalue weighted by Gasteiger charge is 1.93. The minimum Gasteiger partial charge on any atom is -0.367 e. The van der Waals surface area contributed by atoms with Gasteiger partial charge in [0.2, 0.25) is 0 Å². The van der Waals surface area contributed by atoms with E-state index in [1.165, 1.54) is 5.56 Å². The van der Waals surface area contributed by atoms with Crippen LogP contribution < -0.4 is 5.32 Å². The van der Waals surface area contributed by atoms with E-state index in [0.29, 0.717) is 4.64 Å². The third-order valence-corrected chi connectivity index (χ3v) is 2.14. The SMILES string of the molecule is S=c1cc(NCc2ccncc2)[nH]cn1. The van der Waals surface area contributed by atoms with E-state index < -0.39 is 0 Å². The van der Waals surface area contributed by atoms with Gasteiger partial charge in [-0.1, -0.05) is 12.2 Å². The summed E-state index contributed by atoms with van der Waals surface area (Å²) in [5.74, 6) is 0.867. The molecule has 2 aromatic rings. The monoisotopic (exact) mass is 218 g/mol. The van der Waals surface area contributed by atoms with Crippen LogP contribution >= 0.6 is 12.2 Å². The average molecular weight is 218 g/mol. The highest BCUT2D eigenvalue weighted by atomic mass is 32.1. The molecule has 0 aliphatic rings. The summed E-state index contributed by atoms with van der Waals surface area (Å²) in [6.45, 7) is 0.734. The van der Waals surface area contributed by atoms with E-state index in [1.54, 1.807) is 24.8 Å². The lowest BCUT2D eigenvalue weighted by Crippen LogP contribution is -2.01. The zero-order valence-corrected chi connectivity index (χ0v) is 8.79. The van der Waals surface area contributed by atoms with E-state index in [-0.39, 0.29) is 0 Å². The standard InChI is InChI=1S/C10H10N4S/c15-10-5-9(13-7-14-10)12-6-8-1-3-11-4-2-8/h1-5,7H,6H2,(H2,12,13,14,15). The molecule has 5 heteroatoms. The first-order chi connectivity index (χ1) is 7.34. The quantitative estimate of drug-likeness (QED) is 0.775. The van der Waals surface area contributed by atoms with Crippen molar-refractivity contribution < 1.29 is 0 Å². The molecular formula is C10H10N4S. The number of H-pyrrole nitrogens is 1. The number of anilines is 1. The van der Waals surface area contributed by atoms with Crippen molar-refractivity contribution in [1.82, 2.24) is 15.0 Å². The largest absolute Gasteiger partial charge is 0.367 e. The lowest BCUT2D eigenvalue weighted by molar-refractivity contribution is 1.07. The smallest absolute Gasteiger partial charge is 0.131 e. The highest BCUT2D eigenvalue weighted by Crippen LogP contribution is 2.03. The van der Waals surface area contributed by atoms with Crippen molar-refractivity contribution >= 4 is 18.0 Å². The molecule has 76 valence electrons. The zero-order valence-electron chi connectivity index (χ0n) is 7.97. The van der Waals surface area contributed by atoms with Crippen molar-refractivity contribution in [2.24, 2.45) is 0 Å². The van der Waals surface area contributed by atoms with Gasteiger partial charge in [-0.05, 0) is 17.7 Å². The zero-order chi connectivity index (χ0) is 10.5. The predicted molar refractivity (Wildman–Crippen MR) is 61.0 cm³/mol. The molecule has 0 aliphatic carbocycles. The van der Waals surface area contributed by atoms with Crippen LogP contribution in [0.3, 0.4) is 0 Å². The number of aromatic nitrogens is 3. The van der Waals surface area contributed by atoms with Crippen molar-refractivity contribution in [2.75, 3.05) is 5.32 Å². The Hall–Kier alpha value is -1.75. The molecule has 0 aromatic carbocycles. The van der Waals surface area contributed by atoms with E-state index in [0.717, 1.165) is 12.4 Å². The van der Waals surface area contributed by atoms with E-state index >= 15 is 0 Å². The van der Waals surface area contributed by atoms with E-state index in [1.807, 2.05) is 12.1 Å². The Balaban J connectivity index is 2.02. The highest BCUT2D eigenvalue weighted by molar-refractivity contribution is 7.71. The van der Waals surface area contributed by atoms with Crippen molar-refractivity contribution in [1.29, 1.82) is 0 Å².